The van der Waals surface area contributed by atoms with Gasteiger partial charge in [0.25, 0.3) is 0 Å². The van der Waals surface area contributed by atoms with E-state index in [1.54, 1.807) is 23.9 Å². The number of hydrogen-bond donors (Lipinski definition) is 2. The van der Waals surface area contributed by atoms with Gasteiger partial charge in [0, 0.05) is 20.6 Å². The van der Waals surface area contributed by atoms with Gasteiger partial charge >= 0.3 is 0 Å². The summed E-state index contributed by atoms with van der Waals surface area (Å²) < 4.78 is 0. The first-order valence-corrected chi connectivity index (χ1v) is 8.15. The highest BCUT2D eigenvalue weighted by Crippen LogP contribution is 2.41. The molecule has 0 radical (unpaired) electrons. The summed E-state index contributed by atoms with van der Waals surface area (Å²) in [6.45, 7) is 0. The van der Waals surface area contributed by atoms with Gasteiger partial charge in [0.1, 0.15) is 11.5 Å². The molecule has 4 aromatic carbocycles. The molecule has 0 saturated carbocycles. The van der Waals surface area contributed by atoms with Crippen LogP contribution in [-0.4, -0.2) is 10.2 Å². The molecule has 0 bridgehead atoms. The highest BCUT2D eigenvalue weighted by atomic mass is 32.2. The van der Waals surface area contributed by atoms with Crippen LogP contribution in [0.25, 0.3) is 21.5 Å². The number of benzene rings is 4. The Morgan fingerprint density at radius 1 is 0.478 bits per heavy atom. The Morgan fingerprint density at radius 2 is 0.870 bits per heavy atom. The molecule has 4 rings (SSSR count). The van der Waals surface area contributed by atoms with Crippen LogP contribution >= 0.6 is 11.8 Å². The van der Waals surface area contributed by atoms with Crippen molar-refractivity contribution in [1.29, 1.82) is 0 Å². The lowest BCUT2D eigenvalue weighted by molar-refractivity contribution is 0.481. The van der Waals surface area contributed by atoms with Gasteiger partial charge in [-0.3, -0.25) is 0 Å². The van der Waals surface area contributed by atoms with Crippen molar-refractivity contribution in [3.8, 4) is 11.5 Å². The van der Waals surface area contributed by atoms with E-state index in [9.17, 15) is 10.2 Å². The maximum Gasteiger partial charge on any atom is 0.123 e. The van der Waals surface area contributed by atoms with Crippen LogP contribution in [0.4, 0.5) is 0 Å². The van der Waals surface area contributed by atoms with E-state index in [0.29, 0.717) is 11.5 Å². The van der Waals surface area contributed by atoms with Gasteiger partial charge in [-0.05, 0) is 35.0 Å². The lowest BCUT2D eigenvalue weighted by Crippen LogP contribution is -1.82. The van der Waals surface area contributed by atoms with Gasteiger partial charge in [-0.1, -0.05) is 60.3 Å². The molecule has 0 aromatic heterocycles. The molecule has 0 atom stereocenters. The van der Waals surface area contributed by atoms with Crippen molar-refractivity contribution >= 4 is 33.3 Å². The minimum atomic E-state index is 0.292. The molecular formula is C20H14O2S. The van der Waals surface area contributed by atoms with Gasteiger partial charge < -0.3 is 10.2 Å². The Bertz CT molecular complexity index is 941. The molecule has 2 N–H and O–H groups in total. The van der Waals surface area contributed by atoms with E-state index in [2.05, 4.69) is 0 Å². The predicted octanol–water partition coefficient (Wildman–Crippen LogP) is 5.56. The summed E-state index contributed by atoms with van der Waals surface area (Å²) >= 11 is 1.64. The molecule has 23 heavy (non-hydrogen) atoms. The third-order valence-corrected chi connectivity index (χ3v) is 5.09. The average molecular weight is 318 g/mol. The first kappa shape index (κ1) is 14.0. The Labute approximate surface area is 138 Å². The zero-order valence-electron chi connectivity index (χ0n) is 12.2. The van der Waals surface area contributed by atoms with Gasteiger partial charge in [0.15, 0.2) is 0 Å². The lowest BCUT2D eigenvalue weighted by Gasteiger charge is -2.11. The van der Waals surface area contributed by atoms with Crippen LogP contribution in [-0.2, 0) is 0 Å². The topological polar surface area (TPSA) is 40.5 Å². The summed E-state index contributed by atoms with van der Waals surface area (Å²) in [5, 5.41) is 23.8. The molecule has 0 fully saturated rings. The van der Waals surface area contributed by atoms with Crippen LogP contribution in [0.5, 0.6) is 11.5 Å². The van der Waals surface area contributed by atoms with Gasteiger partial charge in [0.05, 0.1) is 0 Å². The normalized spacial score (nSPS) is 11.1. The molecule has 0 spiro atoms. The SMILES string of the molecule is Oc1ccc(Sc2ccc(O)c3ccccc23)c2ccccc12. The van der Waals surface area contributed by atoms with E-state index in [1.165, 1.54) is 0 Å². The fraction of sp³-hybridized carbons (Fsp3) is 0. The van der Waals surface area contributed by atoms with Gasteiger partial charge in [-0.25, -0.2) is 0 Å². The fourth-order valence-electron chi connectivity index (χ4n) is 2.81. The molecule has 0 heterocycles. The predicted molar refractivity (Wildman–Crippen MR) is 95.3 cm³/mol. The van der Waals surface area contributed by atoms with E-state index >= 15 is 0 Å². The monoisotopic (exact) mass is 318 g/mol. The van der Waals surface area contributed by atoms with Crippen molar-refractivity contribution in [3.63, 3.8) is 0 Å². The Hall–Kier alpha value is -2.65. The number of fused-ring (bicyclic) bond motifs is 2. The minimum absolute atomic E-state index is 0.292. The fourth-order valence-corrected chi connectivity index (χ4v) is 3.89. The molecule has 0 saturated heterocycles. The molecule has 0 aliphatic heterocycles. The number of hydrogen-bond acceptors (Lipinski definition) is 3. The van der Waals surface area contributed by atoms with Crippen molar-refractivity contribution in [2.45, 2.75) is 9.79 Å². The summed E-state index contributed by atoms with van der Waals surface area (Å²) in [5.41, 5.74) is 0. The zero-order valence-corrected chi connectivity index (χ0v) is 13.0. The van der Waals surface area contributed by atoms with Crippen LogP contribution < -0.4 is 0 Å². The lowest BCUT2D eigenvalue weighted by atomic mass is 10.1. The smallest absolute Gasteiger partial charge is 0.123 e. The minimum Gasteiger partial charge on any atom is -0.507 e. The molecule has 2 nitrogen and oxygen atoms in total. The number of rotatable bonds is 2. The van der Waals surface area contributed by atoms with Crippen LogP contribution in [0.15, 0.2) is 82.6 Å². The maximum absolute atomic E-state index is 10.0. The Morgan fingerprint density at radius 3 is 1.30 bits per heavy atom. The molecular weight excluding hydrogens is 304 g/mol. The molecule has 112 valence electrons. The molecule has 0 amide bonds. The summed E-state index contributed by atoms with van der Waals surface area (Å²) in [7, 11) is 0. The number of phenolic OH excluding ortho intramolecular Hbond substituents is 2. The molecule has 0 unspecified atom stereocenters. The number of phenols is 2. The van der Waals surface area contributed by atoms with E-state index < -0.39 is 0 Å². The van der Waals surface area contributed by atoms with Crippen LogP contribution in [0.2, 0.25) is 0 Å². The van der Waals surface area contributed by atoms with Crippen molar-refractivity contribution in [3.05, 3.63) is 72.8 Å². The quantitative estimate of drug-likeness (QED) is 0.508. The van der Waals surface area contributed by atoms with Gasteiger partial charge in [-0.2, -0.15) is 0 Å². The third kappa shape index (κ3) is 2.39. The summed E-state index contributed by atoms with van der Waals surface area (Å²) in [5.74, 6) is 0.584. The standard InChI is InChI=1S/C20H14O2S/c21-17-9-11-19(15-7-3-1-5-13(15)17)23-20-12-10-18(22)14-6-2-4-8-16(14)20/h1-12,21-22H. The second-order valence-electron chi connectivity index (χ2n) is 5.36. The van der Waals surface area contributed by atoms with Gasteiger partial charge in [-0.15, -0.1) is 0 Å². The number of aromatic hydroxyl groups is 2. The van der Waals surface area contributed by atoms with Crippen LogP contribution in [0, 0.1) is 0 Å². The molecule has 4 aromatic rings. The van der Waals surface area contributed by atoms with E-state index in [1.807, 2.05) is 60.7 Å². The van der Waals surface area contributed by atoms with Crippen molar-refractivity contribution in [1.82, 2.24) is 0 Å². The van der Waals surface area contributed by atoms with Gasteiger partial charge in [0.2, 0.25) is 0 Å². The molecule has 3 heteroatoms. The Kier molecular flexibility index (Phi) is 3.36. The second-order valence-corrected chi connectivity index (χ2v) is 6.44. The zero-order chi connectivity index (χ0) is 15.8. The van der Waals surface area contributed by atoms with Crippen molar-refractivity contribution in [2.75, 3.05) is 0 Å². The van der Waals surface area contributed by atoms with E-state index in [-0.39, 0.29) is 0 Å². The van der Waals surface area contributed by atoms with E-state index in [4.69, 9.17) is 0 Å². The highest BCUT2D eigenvalue weighted by molar-refractivity contribution is 7.99. The summed E-state index contributed by atoms with van der Waals surface area (Å²) in [6, 6.07) is 23.0. The summed E-state index contributed by atoms with van der Waals surface area (Å²) in [4.78, 5) is 2.16. The third-order valence-electron chi connectivity index (χ3n) is 3.94. The largest absolute Gasteiger partial charge is 0.507 e. The van der Waals surface area contributed by atoms with Crippen molar-refractivity contribution < 1.29 is 10.2 Å². The first-order valence-electron chi connectivity index (χ1n) is 7.33. The molecule has 0 aliphatic carbocycles. The Balaban J connectivity index is 1.89. The van der Waals surface area contributed by atoms with Crippen LogP contribution in [0.3, 0.4) is 0 Å². The summed E-state index contributed by atoms with van der Waals surface area (Å²) in [6.07, 6.45) is 0. The molecule has 0 aliphatic rings. The maximum atomic E-state index is 10.0. The average Bonchev–Trinajstić information content (AvgIpc) is 2.60. The second kappa shape index (κ2) is 5.52. The first-order chi connectivity index (χ1) is 11.2. The van der Waals surface area contributed by atoms with Crippen LogP contribution in [0.1, 0.15) is 0 Å². The van der Waals surface area contributed by atoms with E-state index in [0.717, 1.165) is 31.3 Å². The van der Waals surface area contributed by atoms with Crippen molar-refractivity contribution in [2.24, 2.45) is 0 Å². The highest BCUT2D eigenvalue weighted by Gasteiger charge is 2.10.